The van der Waals surface area contributed by atoms with Gasteiger partial charge >= 0.3 is 0 Å². The summed E-state index contributed by atoms with van der Waals surface area (Å²) >= 11 is 0. The van der Waals surface area contributed by atoms with E-state index in [1.165, 1.54) is 20.2 Å². The molecule has 0 saturated carbocycles. The van der Waals surface area contributed by atoms with Crippen LogP contribution in [0.25, 0.3) is 0 Å². The summed E-state index contributed by atoms with van der Waals surface area (Å²) in [7, 11) is -0.600. The monoisotopic (exact) mass is 314 g/mol. The molecule has 2 aromatic heterocycles. The molecule has 116 valence electrons. The van der Waals surface area contributed by atoms with E-state index in [1.807, 2.05) is 0 Å². The fourth-order valence-corrected chi connectivity index (χ4v) is 2.43. The lowest BCUT2D eigenvalue weighted by molar-refractivity contribution is 0.366. The smallest absolute Gasteiger partial charge is 0.275 e. The van der Waals surface area contributed by atoms with Gasteiger partial charge in [-0.1, -0.05) is 5.16 Å². The van der Waals surface area contributed by atoms with Crippen LogP contribution in [0.1, 0.15) is 17.5 Å². The molecule has 8 nitrogen and oxygen atoms in total. The van der Waals surface area contributed by atoms with Crippen molar-refractivity contribution in [1.29, 1.82) is 0 Å². The van der Waals surface area contributed by atoms with E-state index in [-0.39, 0.29) is 5.09 Å². The first-order valence-electron chi connectivity index (χ1n) is 6.41. The highest BCUT2D eigenvalue weighted by molar-refractivity contribution is 7.88. The van der Waals surface area contributed by atoms with Crippen molar-refractivity contribution in [3.05, 3.63) is 29.6 Å². The van der Waals surface area contributed by atoms with Crippen molar-refractivity contribution in [1.82, 2.24) is 19.8 Å². The van der Waals surface area contributed by atoms with E-state index in [0.29, 0.717) is 37.0 Å². The molecule has 0 aliphatic carbocycles. The van der Waals surface area contributed by atoms with Gasteiger partial charge in [0.25, 0.3) is 10.0 Å². The Bertz CT molecular complexity index is 690. The van der Waals surface area contributed by atoms with Crippen LogP contribution in [-0.2, 0) is 23.0 Å². The second-order valence-electron chi connectivity index (χ2n) is 4.67. The number of nitrogens with one attached hydrogen (secondary N) is 1. The van der Waals surface area contributed by atoms with Gasteiger partial charge in [-0.25, -0.2) is 12.7 Å². The highest BCUT2D eigenvalue weighted by atomic mass is 32.2. The Balaban J connectivity index is 1.83. The molecule has 0 spiro atoms. The Morgan fingerprint density at radius 3 is 2.71 bits per heavy atom. The summed E-state index contributed by atoms with van der Waals surface area (Å²) in [6.45, 7) is 2.81. The second-order valence-corrected chi connectivity index (χ2v) is 6.75. The second kappa shape index (κ2) is 6.37. The molecule has 0 unspecified atom stereocenters. The van der Waals surface area contributed by atoms with Crippen molar-refractivity contribution in [2.75, 3.05) is 20.6 Å². The van der Waals surface area contributed by atoms with Crippen molar-refractivity contribution in [2.45, 2.75) is 25.0 Å². The van der Waals surface area contributed by atoms with Crippen LogP contribution in [0, 0.1) is 6.92 Å². The van der Waals surface area contributed by atoms with Gasteiger partial charge in [-0.05, 0) is 19.1 Å². The van der Waals surface area contributed by atoms with Crippen molar-refractivity contribution in [2.24, 2.45) is 0 Å². The predicted octanol–water partition coefficient (Wildman–Crippen LogP) is 0.554. The number of sulfonamides is 1. The van der Waals surface area contributed by atoms with Crippen LogP contribution in [0.3, 0.4) is 0 Å². The molecule has 1 N–H and O–H groups in total. The van der Waals surface area contributed by atoms with E-state index in [1.54, 1.807) is 13.0 Å². The van der Waals surface area contributed by atoms with Crippen molar-refractivity contribution in [3.8, 4) is 0 Å². The molecular weight excluding hydrogens is 296 g/mol. The van der Waals surface area contributed by atoms with E-state index in [0.717, 1.165) is 4.31 Å². The van der Waals surface area contributed by atoms with Crippen LogP contribution < -0.4 is 5.32 Å². The van der Waals surface area contributed by atoms with Gasteiger partial charge in [-0.3, -0.25) is 0 Å². The molecule has 0 aromatic carbocycles. The van der Waals surface area contributed by atoms with Gasteiger partial charge in [0.2, 0.25) is 11.0 Å². The number of furan rings is 1. The molecule has 2 aromatic rings. The van der Waals surface area contributed by atoms with Gasteiger partial charge in [-0.15, -0.1) is 0 Å². The largest absolute Gasteiger partial charge is 0.447 e. The average molecular weight is 314 g/mol. The number of hydrogen-bond acceptors (Lipinski definition) is 7. The van der Waals surface area contributed by atoms with Crippen LogP contribution in [0.15, 0.2) is 26.2 Å². The molecule has 0 bridgehead atoms. The molecule has 0 aliphatic rings. The normalized spacial score (nSPS) is 12.2. The number of hydrogen-bond donors (Lipinski definition) is 1. The van der Waals surface area contributed by atoms with Gasteiger partial charge in [0, 0.05) is 27.1 Å². The summed E-state index contributed by atoms with van der Waals surface area (Å²) in [5.41, 5.74) is 0. The molecule has 0 fully saturated rings. The summed E-state index contributed by atoms with van der Waals surface area (Å²) in [5.74, 6) is 1.72. The van der Waals surface area contributed by atoms with Crippen molar-refractivity contribution >= 4 is 10.0 Å². The Kier molecular flexibility index (Phi) is 4.76. The van der Waals surface area contributed by atoms with E-state index >= 15 is 0 Å². The average Bonchev–Trinajstić information content (AvgIpc) is 3.04. The highest BCUT2D eigenvalue weighted by Crippen LogP contribution is 2.16. The minimum absolute atomic E-state index is 0.0585. The highest BCUT2D eigenvalue weighted by Gasteiger charge is 2.21. The third-order valence-electron chi connectivity index (χ3n) is 2.76. The molecular formula is C12H18N4O4S. The third kappa shape index (κ3) is 3.90. The summed E-state index contributed by atoms with van der Waals surface area (Å²) in [4.78, 5) is 4.09. The topological polar surface area (TPSA) is 101 Å². The van der Waals surface area contributed by atoms with E-state index in [2.05, 4.69) is 15.5 Å². The number of nitrogens with zero attached hydrogens (tertiary/aromatic N) is 3. The van der Waals surface area contributed by atoms with Gasteiger partial charge in [0.15, 0.2) is 5.82 Å². The lowest BCUT2D eigenvalue weighted by Gasteiger charge is -2.07. The Morgan fingerprint density at radius 2 is 2.10 bits per heavy atom. The quantitative estimate of drug-likeness (QED) is 0.745. The molecule has 2 heterocycles. The summed E-state index contributed by atoms with van der Waals surface area (Å²) < 4.78 is 35.1. The van der Waals surface area contributed by atoms with E-state index in [9.17, 15) is 8.42 Å². The Morgan fingerprint density at radius 1 is 1.33 bits per heavy atom. The molecule has 21 heavy (non-hydrogen) atoms. The Labute approximate surface area is 123 Å². The van der Waals surface area contributed by atoms with E-state index < -0.39 is 10.0 Å². The zero-order valence-corrected chi connectivity index (χ0v) is 13.0. The summed E-state index contributed by atoms with van der Waals surface area (Å²) in [6.07, 6.45) is 0.602. The number of aryl methyl sites for hydroxylation is 1. The zero-order valence-electron chi connectivity index (χ0n) is 12.2. The number of rotatable bonds is 7. The van der Waals surface area contributed by atoms with Crippen LogP contribution >= 0.6 is 0 Å². The first-order valence-corrected chi connectivity index (χ1v) is 7.85. The molecule has 0 amide bonds. The summed E-state index contributed by atoms with van der Waals surface area (Å²) in [5, 5.41) is 6.76. The van der Waals surface area contributed by atoms with Gasteiger partial charge in [0.1, 0.15) is 5.76 Å². The maximum Gasteiger partial charge on any atom is 0.275 e. The van der Waals surface area contributed by atoms with Crippen LogP contribution in [-0.4, -0.2) is 43.5 Å². The van der Waals surface area contributed by atoms with Gasteiger partial charge in [0.05, 0.1) is 6.54 Å². The fraction of sp³-hybridized carbons (Fsp3) is 0.500. The molecule has 0 atom stereocenters. The van der Waals surface area contributed by atoms with Crippen LogP contribution in [0.5, 0.6) is 0 Å². The minimum atomic E-state index is -3.52. The minimum Gasteiger partial charge on any atom is -0.447 e. The predicted molar refractivity (Wildman–Crippen MR) is 74.0 cm³/mol. The third-order valence-corrected chi connectivity index (χ3v) is 4.45. The first-order chi connectivity index (χ1) is 9.89. The lowest BCUT2D eigenvalue weighted by Crippen LogP contribution is -2.21. The maximum absolute atomic E-state index is 11.8. The summed E-state index contributed by atoms with van der Waals surface area (Å²) in [6, 6.07) is 3.09. The first kappa shape index (κ1) is 15.7. The van der Waals surface area contributed by atoms with Crippen molar-refractivity contribution < 1.29 is 17.4 Å². The van der Waals surface area contributed by atoms with E-state index in [4.69, 9.17) is 8.94 Å². The van der Waals surface area contributed by atoms with Gasteiger partial charge in [-0.2, -0.15) is 4.98 Å². The molecule has 0 aliphatic heterocycles. The zero-order chi connectivity index (χ0) is 15.5. The molecule has 0 radical (unpaired) electrons. The number of aromatic nitrogens is 2. The molecule has 9 heteroatoms. The van der Waals surface area contributed by atoms with Crippen LogP contribution in [0.4, 0.5) is 0 Å². The Hall–Kier alpha value is -1.71. The standard InChI is InChI=1S/C12H18N4O4S/c1-9-14-11(20-15-9)6-7-13-8-10-4-5-12(19-10)21(17,18)16(2)3/h4-5,13H,6-8H2,1-3H3. The SMILES string of the molecule is Cc1noc(CCNCc2ccc(S(=O)(=O)N(C)C)o2)n1. The van der Waals surface area contributed by atoms with Crippen molar-refractivity contribution in [3.63, 3.8) is 0 Å². The van der Waals surface area contributed by atoms with Crippen LogP contribution in [0.2, 0.25) is 0 Å². The van der Waals surface area contributed by atoms with Gasteiger partial charge < -0.3 is 14.3 Å². The molecule has 2 rings (SSSR count). The fourth-order valence-electron chi connectivity index (χ4n) is 1.62. The molecule has 0 saturated heterocycles. The maximum atomic E-state index is 11.8. The lowest BCUT2D eigenvalue weighted by atomic mass is 10.4.